The van der Waals surface area contributed by atoms with E-state index in [1.54, 1.807) is 21.9 Å². The van der Waals surface area contributed by atoms with Crippen LogP contribution in [0.5, 0.6) is 5.75 Å². The lowest BCUT2D eigenvalue weighted by molar-refractivity contribution is 0.0665. The van der Waals surface area contributed by atoms with Crippen molar-refractivity contribution >= 4 is 11.9 Å². The maximum absolute atomic E-state index is 12.5. The van der Waals surface area contributed by atoms with Gasteiger partial charge in [0, 0.05) is 44.5 Å². The van der Waals surface area contributed by atoms with Crippen molar-refractivity contribution in [3.63, 3.8) is 0 Å². The van der Waals surface area contributed by atoms with Gasteiger partial charge in [0.05, 0.1) is 11.9 Å². The molecule has 0 aliphatic carbocycles. The summed E-state index contributed by atoms with van der Waals surface area (Å²) < 4.78 is 1.82. The third kappa shape index (κ3) is 5.03. The number of para-hydroxylation sites is 1. The summed E-state index contributed by atoms with van der Waals surface area (Å²) in [6, 6.07) is 16.0. The Labute approximate surface area is 180 Å². The van der Waals surface area contributed by atoms with E-state index in [1.165, 1.54) is 12.1 Å². The molecule has 1 aliphatic heterocycles. The molecule has 0 radical (unpaired) electrons. The Balaban J connectivity index is 1.21. The number of hydrogen-bond donors (Lipinski definition) is 2. The Morgan fingerprint density at radius 1 is 0.935 bits per heavy atom. The molecule has 0 atom stereocenters. The van der Waals surface area contributed by atoms with Crippen molar-refractivity contribution in [2.45, 2.75) is 6.42 Å². The number of carbonyl (C=O) groups is 2. The van der Waals surface area contributed by atoms with E-state index < -0.39 is 0 Å². The monoisotopic (exact) mass is 419 g/mol. The maximum atomic E-state index is 12.5. The SMILES string of the molecule is O=C(NCCc1cnn(-c2ccccc2)c1)N1CCN(C(=O)c2ccc(O)cc2)CC1. The highest BCUT2D eigenvalue weighted by Crippen LogP contribution is 2.13. The third-order valence-electron chi connectivity index (χ3n) is 5.32. The second kappa shape index (κ2) is 9.34. The molecule has 8 heteroatoms. The van der Waals surface area contributed by atoms with Gasteiger partial charge in [-0.1, -0.05) is 18.2 Å². The minimum absolute atomic E-state index is 0.0875. The first-order valence-corrected chi connectivity index (χ1v) is 10.3. The Kier molecular flexibility index (Phi) is 6.16. The van der Waals surface area contributed by atoms with E-state index in [0.29, 0.717) is 44.7 Å². The highest BCUT2D eigenvalue weighted by atomic mass is 16.3. The Bertz CT molecular complexity index is 1020. The van der Waals surface area contributed by atoms with Crippen LogP contribution < -0.4 is 5.32 Å². The lowest BCUT2D eigenvalue weighted by atomic mass is 10.1. The van der Waals surface area contributed by atoms with Gasteiger partial charge in [0.2, 0.25) is 0 Å². The van der Waals surface area contributed by atoms with Crippen LogP contribution in [0.25, 0.3) is 5.69 Å². The summed E-state index contributed by atoms with van der Waals surface area (Å²) in [6.45, 7) is 2.46. The van der Waals surface area contributed by atoms with Crippen LogP contribution in [0.1, 0.15) is 15.9 Å². The van der Waals surface area contributed by atoms with Crippen molar-refractivity contribution in [2.75, 3.05) is 32.7 Å². The van der Waals surface area contributed by atoms with Crippen LogP contribution in [0, 0.1) is 0 Å². The number of urea groups is 1. The zero-order chi connectivity index (χ0) is 21.6. The van der Waals surface area contributed by atoms with Crippen molar-refractivity contribution in [3.8, 4) is 11.4 Å². The number of nitrogens with zero attached hydrogens (tertiary/aromatic N) is 4. The number of piperazine rings is 1. The number of amides is 3. The predicted molar refractivity (Wildman–Crippen MR) is 116 cm³/mol. The summed E-state index contributed by atoms with van der Waals surface area (Å²) in [5, 5.41) is 16.7. The number of phenolic OH excluding ortho intramolecular Hbond substituents is 1. The molecule has 1 aromatic heterocycles. The van der Waals surface area contributed by atoms with Crippen LogP contribution in [0.2, 0.25) is 0 Å². The number of aromatic nitrogens is 2. The molecule has 2 aromatic carbocycles. The smallest absolute Gasteiger partial charge is 0.317 e. The average Bonchev–Trinajstić information content (AvgIpc) is 3.29. The van der Waals surface area contributed by atoms with Crippen LogP contribution in [-0.4, -0.2) is 69.3 Å². The van der Waals surface area contributed by atoms with Crippen molar-refractivity contribution < 1.29 is 14.7 Å². The van der Waals surface area contributed by atoms with Gasteiger partial charge in [0.25, 0.3) is 5.91 Å². The Hall–Kier alpha value is -3.81. The second-order valence-corrected chi connectivity index (χ2v) is 7.44. The second-order valence-electron chi connectivity index (χ2n) is 7.44. The molecule has 0 unspecified atom stereocenters. The van der Waals surface area contributed by atoms with Crippen molar-refractivity contribution in [1.29, 1.82) is 0 Å². The number of hydrogen-bond acceptors (Lipinski definition) is 4. The molecule has 31 heavy (non-hydrogen) atoms. The molecule has 1 aliphatic rings. The first kappa shape index (κ1) is 20.5. The number of phenols is 1. The Morgan fingerprint density at radius 2 is 1.61 bits per heavy atom. The zero-order valence-corrected chi connectivity index (χ0v) is 17.1. The number of aromatic hydroxyl groups is 1. The van der Waals surface area contributed by atoms with Gasteiger partial charge in [-0.3, -0.25) is 4.79 Å². The minimum atomic E-state index is -0.118. The topological polar surface area (TPSA) is 90.7 Å². The fraction of sp³-hybridized carbons (Fsp3) is 0.261. The standard InChI is InChI=1S/C23H25N5O3/c29-21-8-6-19(7-9-21)22(30)26-12-14-27(15-13-26)23(31)24-11-10-18-16-25-28(17-18)20-4-2-1-3-5-20/h1-9,16-17,29H,10-15H2,(H,24,31). The molecule has 0 spiro atoms. The fourth-order valence-corrected chi connectivity index (χ4v) is 3.54. The summed E-state index contributed by atoms with van der Waals surface area (Å²) in [5.74, 6) is 0.0425. The molecule has 1 fully saturated rings. The molecule has 1 saturated heterocycles. The van der Waals surface area contributed by atoms with Gasteiger partial charge in [0.1, 0.15) is 5.75 Å². The number of nitrogens with one attached hydrogen (secondary N) is 1. The Morgan fingerprint density at radius 3 is 2.32 bits per heavy atom. The molecule has 2 N–H and O–H groups in total. The lowest BCUT2D eigenvalue weighted by Crippen LogP contribution is -2.53. The molecule has 3 aromatic rings. The third-order valence-corrected chi connectivity index (χ3v) is 5.32. The van der Waals surface area contributed by atoms with E-state index in [-0.39, 0.29) is 17.7 Å². The van der Waals surface area contributed by atoms with Gasteiger partial charge >= 0.3 is 6.03 Å². The van der Waals surface area contributed by atoms with E-state index >= 15 is 0 Å². The molecule has 0 bridgehead atoms. The average molecular weight is 419 g/mol. The molecule has 4 rings (SSSR count). The molecule has 0 saturated carbocycles. The summed E-state index contributed by atoms with van der Waals surface area (Å²) >= 11 is 0. The minimum Gasteiger partial charge on any atom is -0.508 e. The molecule has 160 valence electrons. The number of carbonyl (C=O) groups excluding carboxylic acids is 2. The normalized spacial score (nSPS) is 13.8. The van der Waals surface area contributed by atoms with Crippen LogP contribution in [0.3, 0.4) is 0 Å². The van der Waals surface area contributed by atoms with E-state index in [9.17, 15) is 14.7 Å². The summed E-state index contributed by atoms with van der Waals surface area (Å²) in [7, 11) is 0. The highest BCUT2D eigenvalue weighted by Gasteiger charge is 2.24. The van der Waals surface area contributed by atoms with Gasteiger partial charge in [-0.2, -0.15) is 5.10 Å². The lowest BCUT2D eigenvalue weighted by Gasteiger charge is -2.34. The fourth-order valence-electron chi connectivity index (χ4n) is 3.54. The summed E-state index contributed by atoms with van der Waals surface area (Å²) in [5.41, 5.74) is 2.58. The van der Waals surface area contributed by atoms with Crippen molar-refractivity contribution in [2.24, 2.45) is 0 Å². The summed E-state index contributed by atoms with van der Waals surface area (Å²) in [4.78, 5) is 28.5. The van der Waals surface area contributed by atoms with Crippen LogP contribution >= 0.6 is 0 Å². The predicted octanol–water partition coefficient (Wildman–Crippen LogP) is 2.29. The summed E-state index contributed by atoms with van der Waals surface area (Å²) in [6.07, 6.45) is 4.47. The van der Waals surface area contributed by atoms with Gasteiger partial charge in [-0.05, 0) is 48.4 Å². The maximum Gasteiger partial charge on any atom is 0.317 e. The first-order chi connectivity index (χ1) is 15.1. The van der Waals surface area contributed by atoms with E-state index in [1.807, 2.05) is 47.4 Å². The van der Waals surface area contributed by atoms with Crippen molar-refractivity contribution in [3.05, 3.63) is 78.1 Å². The van der Waals surface area contributed by atoms with E-state index in [0.717, 1.165) is 11.3 Å². The number of benzene rings is 2. The van der Waals surface area contributed by atoms with E-state index in [4.69, 9.17) is 0 Å². The highest BCUT2D eigenvalue weighted by molar-refractivity contribution is 5.94. The van der Waals surface area contributed by atoms with Crippen LogP contribution in [0.15, 0.2) is 67.0 Å². The molecule has 8 nitrogen and oxygen atoms in total. The van der Waals surface area contributed by atoms with Gasteiger partial charge in [0.15, 0.2) is 0 Å². The van der Waals surface area contributed by atoms with Crippen LogP contribution in [0.4, 0.5) is 4.79 Å². The van der Waals surface area contributed by atoms with Crippen LogP contribution in [-0.2, 0) is 6.42 Å². The number of rotatable bonds is 5. The van der Waals surface area contributed by atoms with Gasteiger partial charge < -0.3 is 20.2 Å². The molecular weight excluding hydrogens is 394 g/mol. The van der Waals surface area contributed by atoms with Crippen molar-refractivity contribution in [1.82, 2.24) is 24.9 Å². The largest absolute Gasteiger partial charge is 0.508 e. The quantitative estimate of drug-likeness (QED) is 0.664. The molecule has 2 heterocycles. The first-order valence-electron chi connectivity index (χ1n) is 10.3. The zero-order valence-electron chi connectivity index (χ0n) is 17.1. The van der Waals surface area contributed by atoms with Gasteiger partial charge in [-0.15, -0.1) is 0 Å². The van der Waals surface area contributed by atoms with Gasteiger partial charge in [-0.25, -0.2) is 9.48 Å². The molecular formula is C23H25N5O3. The molecule has 3 amide bonds. The van der Waals surface area contributed by atoms with E-state index in [2.05, 4.69) is 10.4 Å².